The van der Waals surface area contributed by atoms with Crippen LogP contribution in [0, 0.1) is 6.92 Å². The molecular weight excluding hydrogens is 569 g/mol. The van der Waals surface area contributed by atoms with Crippen molar-refractivity contribution in [1.82, 2.24) is 10.2 Å². The van der Waals surface area contributed by atoms with E-state index in [1.54, 1.807) is 24.3 Å². The zero-order valence-electron chi connectivity index (χ0n) is 23.1. The molecule has 0 aliphatic heterocycles. The number of nitrogens with one attached hydrogen (secondary N) is 1. The first-order chi connectivity index (χ1) is 19.0. The fraction of sp³-hybridized carbons (Fsp3) is 0.333. The van der Waals surface area contributed by atoms with Crippen LogP contribution in [0.2, 0.25) is 10.0 Å². The molecule has 0 aliphatic carbocycles. The first kappa shape index (κ1) is 31.5. The molecule has 0 saturated heterocycles. The molecule has 0 radical (unpaired) electrons. The minimum Gasteiger partial charge on any atom is -0.352 e. The average Bonchev–Trinajstić information content (AvgIpc) is 2.93. The van der Waals surface area contributed by atoms with E-state index in [1.807, 2.05) is 58.0 Å². The van der Waals surface area contributed by atoms with Crippen LogP contribution in [0.15, 0.2) is 77.7 Å². The fourth-order valence-electron chi connectivity index (χ4n) is 4.18. The Labute approximate surface area is 247 Å². The molecule has 0 spiro atoms. The molecule has 214 valence electrons. The summed E-state index contributed by atoms with van der Waals surface area (Å²) in [5, 5.41) is 3.11. The van der Waals surface area contributed by atoms with Gasteiger partial charge in [0, 0.05) is 12.6 Å². The van der Waals surface area contributed by atoms with Crippen LogP contribution in [0.1, 0.15) is 44.7 Å². The molecule has 2 atom stereocenters. The zero-order chi connectivity index (χ0) is 29.4. The number of carbonyl (C=O) groups is 2. The lowest BCUT2D eigenvalue weighted by Crippen LogP contribution is -2.53. The smallest absolute Gasteiger partial charge is 0.264 e. The molecule has 10 heteroatoms. The third-order valence-corrected chi connectivity index (χ3v) is 9.25. The van der Waals surface area contributed by atoms with Gasteiger partial charge < -0.3 is 10.2 Å². The van der Waals surface area contributed by atoms with Crippen molar-refractivity contribution in [1.29, 1.82) is 0 Å². The maximum absolute atomic E-state index is 14.1. The van der Waals surface area contributed by atoms with Gasteiger partial charge >= 0.3 is 0 Å². The summed E-state index contributed by atoms with van der Waals surface area (Å²) in [6.45, 7) is 7.06. The van der Waals surface area contributed by atoms with E-state index < -0.39 is 28.5 Å². The first-order valence-corrected chi connectivity index (χ1v) is 15.4. The fourth-order valence-corrected chi connectivity index (χ4v) is 6.05. The minimum absolute atomic E-state index is 0.00175. The van der Waals surface area contributed by atoms with E-state index in [-0.39, 0.29) is 39.1 Å². The van der Waals surface area contributed by atoms with Crippen molar-refractivity contribution in [3.63, 3.8) is 0 Å². The van der Waals surface area contributed by atoms with E-state index >= 15 is 0 Å². The Bertz CT molecular complexity index is 1420. The second-order valence-electron chi connectivity index (χ2n) is 9.65. The van der Waals surface area contributed by atoms with Crippen LogP contribution in [0.4, 0.5) is 5.69 Å². The van der Waals surface area contributed by atoms with E-state index in [2.05, 4.69) is 5.32 Å². The lowest BCUT2D eigenvalue weighted by Gasteiger charge is -2.34. The van der Waals surface area contributed by atoms with Gasteiger partial charge in [0.2, 0.25) is 11.8 Å². The van der Waals surface area contributed by atoms with E-state index in [1.165, 1.54) is 23.1 Å². The lowest BCUT2D eigenvalue weighted by atomic mass is 10.1. The van der Waals surface area contributed by atoms with Crippen molar-refractivity contribution >= 4 is 50.7 Å². The summed E-state index contributed by atoms with van der Waals surface area (Å²) in [5.74, 6) is -0.850. The number of benzene rings is 3. The standard InChI is InChI=1S/C30H35Cl2N3O4S/c1-5-22(4)33-30(37)26(6-2)34(19-23-11-8-7-9-12-23)28(36)20-35(27-14-10-13-25(31)29(27)32)40(38,39)24-17-15-21(3)16-18-24/h7-18,22,26H,5-6,19-20H2,1-4H3,(H,33,37)/t22-,26-/m1/s1. The number of nitrogens with zero attached hydrogens (tertiary/aromatic N) is 2. The van der Waals surface area contributed by atoms with Gasteiger partial charge in [0.1, 0.15) is 12.6 Å². The SMILES string of the molecule is CC[C@@H](C)NC(=O)[C@@H](CC)N(Cc1ccccc1)C(=O)CN(c1cccc(Cl)c1Cl)S(=O)(=O)c1ccc(C)cc1. The summed E-state index contributed by atoms with van der Waals surface area (Å²) in [7, 11) is -4.25. The Kier molecular flexibility index (Phi) is 11.0. The summed E-state index contributed by atoms with van der Waals surface area (Å²) in [6.07, 6.45) is 1.06. The summed E-state index contributed by atoms with van der Waals surface area (Å²) in [4.78, 5) is 28.8. The number of hydrogen-bond donors (Lipinski definition) is 1. The van der Waals surface area contributed by atoms with E-state index in [4.69, 9.17) is 23.2 Å². The molecule has 3 aromatic carbocycles. The van der Waals surface area contributed by atoms with Crippen LogP contribution in [-0.2, 0) is 26.2 Å². The molecular formula is C30H35Cl2N3O4S. The number of halogens is 2. The predicted octanol–water partition coefficient (Wildman–Crippen LogP) is 6.22. The second-order valence-corrected chi connectivity index (χ2v) is 12.3. The number of hydrogen-bond acceptors (Lipinski definition) is 4. The highest BCUT2D eigenvalue weighted by molar-refractivity contribution is 7.92. The highest BCUT2D eigenvalue weighted by Crippen LogP contribution is 2.35. The van der Waals surface area contributed by atoms with Gasteiger partial charge in [-0.05, 0) is 56.5 Å². The van der Waals surface area contributed by atoms with E-state index in [9.17, 15) is 18.0 Å². The third-order valence-electron chi connectivity index (χ3n) is 6.67. The van der Waals surface area contributed by atoms with E-state index in [0.29, 0.717) is 6.42 Å². The third kappa shape index (κ3) is 7.56. The number of carbonyl (C=O) groups excluding carboxylic acids is 2. The molecule has 0 aromatic heterocycles. The Morgan fingerprint density at radius 2 is 1.55 bits per heavy atom. The molecule has 0 fully saturated rings. The maximum Gasteiger partial charge on any atom is 0.264 e. The van der Waals surface area contributed by atoms with Crippen LogP contribution in [-0.4, -0.2) is 43.8 Å². The van der Waals surface area contributed by atoms with Crippen LogP contribution < -0.4 is 9.62 Å². The van der Waals surface area contributed by atoms with Crippen LogP contribution in [0.25, 0.3) is 0 Å². The number of amides is 2. The average molecular weight is 605 g/mol. The molecule has 0 saturated carbocycles. The van der Waals surface area contributed by atoms with Gasteiger partial charge in [0.05, 0.1) is 20.6 Å². The van der Waals surface area contributed by atoms with Crippen LogP contribution >= 0.6 is 23.2 Å². The number of sulfonamides is 1. The summed E-state index contributed by atoms with van der Waals surface area (Å²) >= 11 is 12.7. The summed E-state index contributed by atoms with van der Waals surface area (Å²) < 4.78 is 28.9. The van der Waals surface area contributed by atoms with E-state index in [0.717, 1.165) is 21.9 Å². The molecule has 3 aromatic rings. The lowest BCUT2D eigenvalue weighted by molar-refractivity contribution is -0.140. The van der Waals surface area contributed by atoms with Gasteiger partial charge in [-0.15, -0.1) is 0 Å². The van der Waals surface area contributed by atoms with Crippen LogP contribution in [0.5, 0.6) is 0 Å². The number of anilines is 1. The quantitative estimate of drug-likeness (QED) is 0.266. The maximum atomic E-state index is 14.1. The number of aryl methyl sites for hydroxylation is 1. The molecule has 40 heavy (non-hydrogen) atoms. The Morgan fingerprint density at radius 3 is 2.15 bits per heavy atom. The molecule has 0 heterocycles. The molecule has 0 unspecified atom stereocenters. The molecule has 2 amide bonds. The summed E-state index contributed by atoms with van der Waals surface area (Å²) in [6, 6.07) is 19.3. The van der Waals surface area contributed by atoms with Crippen molar-refractivity contribution in [3.05, 3.63) is 94.0 Å². The molecule has 0 bridgehead atoms. The molecule has 7 nitrogen and oxygen atoms in total. The highest BCUT2D eigenvalue weighted by Gasteiger charge is 2.34. The van der Waals surface area contributed by atoms with Gasteiger partial charge in [0.25, 0.3) is 10.0 Å². The van der Waals surface area contributed by atoms with Gasteiger partial charge in [-0.25, -0.2) is 8.42 Å². The molecule has 1 N–H and O–H groups in total. The van der Waals surface area contributed by atoms with Gasteiger partial charge in [-0.3, -0.25) is 13.9 Å². The zero-order valence-corrected chi connectivity index (χ0v) is 25.4. The van der Waals surface area contributed by atoms with Crippen LogP contribution in [0.3, 0.4) is 0 Å². The molecule has 0 aliphatic rings. The highest BCUT2D eigenvalue weighted by atomic mass is 35.5. The first-order valence-electron chi connectivity index (χ1n) is 13.2. The largest absolute Gasteiger partial charge is 0.352 e. The minimum atomic E-state index is -4.25. The normalized spacial score (nSPS) is 12.8. The number of rotatable bonds is 12. The summed E-state index contributed by atoms with van der Waals surface area (Å²) in [5.41, 5.74) is 1.76. The molecule has 3 rings (SSSR count). The Balaban J connectivity index is 2.09. The van der Waals surface area contributed by atoms with Gasteiger partial charge in [-0.1, -0.05) is 91.1 Å². The van der Waals surface area contributed by atoms with Crippen molar-refractivity contribution < 1.29 is 18.0 Å². The Morgan fingerprint density at radius 1 is 0.900 bits per heavy atom. The van der Waals surface area contributed by atoms with Crippen molar-refractivity contribution in [2.45, 2.75) is 64.1 Å². The predicted molar refractivity (Wildman–Crippen MR) is 161 cm³/mol. The second kappa shape index (κ2) is 14.0. The van der Waals surface area contributed by atoms with Crippen molar-refractivity contribution in [2.24, 2.45) is 0 Å². The Hall–Kier alpha value is -3.07. The van der Waals surface area contributed by atoms with Gasteiger partial charge in [-0.2, -0.15) is 0 Å². The monoisotopic (exact) mass is 603 g/mol. The topological polar surface area (TPSA) is 86.8 Å². The van der Waals surface area contributed by atoms with Crippen molar-refractivity contribution in [3.8, 4) is 0 Å². The van der Waals surface area contributed by atoms with Gasteiger partial charge in [0.15, 0.2) is 0 Å². The van der Waals surface area contributed by atoms with Crippen molar-refractivity contribution in [2.75, 3.05) is 10.8 Å².